The van der Waals surface area contributed by atoms with Crippen LogP contribution in [0.1, 0.15) is 26.9 Å². The molecular formula is C18H21N5O3. The molecule has 2 aromatic heterocycles. The van der Waals surface area contributed by atoms with E-state index in [1.54, 1.807) is 41.0 Å². The van der Waals surface area contributed by atoms with E-state index in [9.17, 15) is 9.59 Å². The minimum absolute atomic E-state index is 0.157. The van der Waals surface area contributed by atoms with Crippen molar-refractivity contribution in [1.29, 1.82) is 0 Å². The molecule has 0 radical (unpaired) electrons. The maximum absolute atomic E-state index is 12.7. The summed E-state index contributed by atoms with van der Waals surface area (Å²) in [4.78, 5) is 36.9. The van der Waals surface area contributed by atoms with E-state index < -0.39 is 0 Å². The monoisotopic (exact) mass is 355 g/mol. The van der Waals surface area contributed by atoms with Gasteiger partial charge in [0.2, 0.25) is 0 Å². The predicted octanol–water partition coefficient (Wildman–Crippen LogP) is 1.57. The highest BCUT2D eigenvalue weighted by atomic mass is 16.3. The molecule has 8 heteroatoms. The van der Waals surface area contributed by atoms with Crippen LogP contribution in [-0.4, -0.2) is 64.3 Å². The molecular weight excluding hydrogens is 334 g/mol. The third-order valence-corrected chi connectivity index (χ3v) is 4.07. The Morgan fingerprint density at radius 2 is 1.92 bits per heavy atom. The number of furan rings is 1. The molecule has 1 N–H and O–H groups in total. The van der Waals surface area contributed by atoms with Gasteiger partial charge in [0, 0.05) is 38.8 Å². The van der Waals surface area contributed by atoms with Crippen molar-refractivity contribution in [1.82, 2.24) is 19.8 Å². The number of amides is 2. The summed E-state index contributed by atoms with van der Waals surface area (Å²) in [6.07, 6.45) is 3.19. The quantitative estimate of drug-likeness (QED) is 0.819. The second-order valence-electron chi connectivity index (χ2n) is 5.92. The van der Waals surface area contributed by atoms with Crippen molar-refractivity contribution < 1.29 is 14.0 Å². The lowest BCUT2D eigenvalue weighted by atomic mass is 10.2. The number of aromatic nitrogens is 2. The van der Waals surface area contributed by atoms with Gasteiger partial charge in [-0.1, -0.05) is 6.08 Å². The van der Waals surface area contributed by atoms with Crippen LogP contribution >= 0.6 is 0 Å². The molecule has 0 bridgehead atoms. The highest BCUT2D eigenvalue weighted by molar-refractivity contribution is 5.94. The summed E-state index contributed by atoms with van der Waals surface area (Å²) in [7, 11) is 0. The molecule has 0 atom stereocenters. The maximum Gasteiger partial charge on any atom is 0.289 e. The van der Waals surface area contributed by atoms with Gasteiger partial charge in [0.1, 0.15) is 17.3 Å². The minimum Gasteiger partial charge on any atom is -0.459 e. The lowest BCUT2D eigenvalue weighted by Crippen LogP contribution is -2.50. The molecule has 0 spiro atoms. The Balaban J connectivity index is 1.64. The van der Waals surface area contributed by atoms with Crippen molar-refractivity contribution in [3.63, 3.8) is 0 Å². The Morgan fingerprint density at radius 3 is 2.54 bits per heavy atom. The first-order valence-electron chi connectivity index (χ1n) is 8.41. The van der Waals surface area contributed by atoms with Crippen molar-refractivity contribution in [2.75, 3.05) is 38.0 Å². The molecule has 2 aromatic rings. The molecule has 3 heterocycles. The Labute approximate surface area is 151 Å². The van der Waals surface area contributed by atoms with E-state index in [0.717, 1.165) is 0 Å². The van der Waals surface area contributed by atoms with Crippen LogP contribution in [0.2, 0.25) is 0 Å². The first-order valence-corrected chi connectivity index (χ1v) is 8.41. The van der Waals surface area contributed by atoms with Crippen molar-refractivity contribution in [2.24, 2.45) is 0 Å². The van der Waals surface area contributed by atoms with Gasteiger partial charge in [0.15, 0.2) is 5.76 Å². The molecule has 26 heavy (non-hydrogen) atoms. The lowest BCUT2D eigenvalue weighted by molar-refractivity contribution is 0.0515. The van der Waals surface area contributed by atoms with Gasteiger partial charge in [-0.25, -0.2) is 9.97 Å². The summed E-state index contributed by atoms with van der Waals surface area (Å²) in [5.74, 6) is 1.11. The zero-order chi connectivity index (χ0) is 18.5. The number of rotatable bonds is 5. The summed E-state index contributed by atoms with van der Waals surface area (Å²) < 4.78 is 5.15. The highest BCUT2D eigenvalue weighted by Gasteiger charge is 2.27. The molecule has 0 unspecified atom stereocenters. The van der Waals surface area contributed by atoms with Crippen LogP contribution in [0, 0.1) is 6.92 Å². The van der Waals surface area contributed by atoms with Gasteiger partial charge in [-0.05, 0) is 19.1 Å². The largest absolute Gasteiger partial charge is 0.459 e. The van der Waals surface area contributed by atoms with Crippen molar-refractivity contribution in [3.8, 4) is 0 Å². The average Bonchev–Trinajstić information content (AvgIpc) is 3.19. The Bertz CT molecular complexity index is 795. The number of carbonyl (C=O) groups is 2. The molecule has 0 aromatic carbocycles. The summed E-state index contributed by atoms with van der Waals surface area (Å²) in [6, 6.07) is 4.96. The molecule has 1 saturated heterocycles. The number of nitrogens with one attached hydrogen (secondary N) is 1. The van der Waals surface area contributed by atoms with E-state index in [4.69, 9.17) is 4.42 Å². The van der Waals surface area contributed by atoms with E-state index >= 15 is 0 Å². The van der Waals surface area contributed by atoms with Crippen molar-refractivity contribution in [3.05, 3.63) is 54.4 Å². The van der Waals surface area contributed by atoms with Gasteiger partial charge >= 0.3 is 0 Å². The Morgan fingerprint density at radius 1 is 1.23 bits per heavy atom. The fraction of sp³-hybridized carbons (Fsp3) is 0.333. The number of hydrogen-bond acceptors (Lipinski definition) is 6. The Hall–Kier alpha value is -3.16. The van der Waals surface area contributed by atoms with Crippen LogP contribution < -0.4 is 5.32 Å². The zero-order valence-electron chi connectivity index (χ0n) is 14.6. The van der Waals surface area contributed by atoms with E-state index in [-0.39, 0.29) is 11.8 Å². The molecule has 0 aliphatic carbocycles. The summed E-state index contributed by atoms with van der Waals surface area (Å²) in [5, 5.41) is 3.07. The second kappa shape index (κ2) is 7.81. The smallest absolute Gasteiger partial charge is 0.289 e. The fourth-order valence-electron chi connectivity index (χ4n) is 2.78. The van der Waals surface area contributed by atoms with Crippen LogP contribution in [0.3, 0.4) is 0 Å². The van der Waals surface area contributed by atoms with Crippen LogP contribution in [0.4, 0.5) is 5.82 Å². The minimum atomic E-state index is -0.165. The van der Waals surface area contributed by atoms with Gasteiger partial charge in [-0.2, -0.15) is 0 Å². The lowest BCUT2D eigenvalue weighted by Gasteiger charge is -2.34. The van der Waals surface area contributed by atoms with Crippen molar-refractivity contribution in [2.45, 2.75) is 6.92 Å². The molecule has 8 nitrogen and oxygen atoms in total. The number of hydrogen-bond donors (Lipinski definition) is 1. The molecule has 0 saturated carbocycles. The van der Waals surface area contributed by atoms with Gasteiger partial charge in [-0.15, -0.1) is 6.58 Å². The number of aryl methyl sites for hydroxylation is 1. The Kier molecular flexibility index (Phi) is 5.31. The summed E-state index contributed by atoms with van der Waals surface area (Å²) in [5.41, 5.74) is 0.342. The molecule has 1 fully saturated rings. The van der Waals surface area contributed by atoms with Crippen LogP contribution in [0.5, 0.6) is 0 Å². The normalized spacial score (nSPS) is 14.2. The van der Waals surface area contributed by atoms with Crippen LogP contribution in [0.15, 0.2) is 41.5 Å². The SMILES string of the molecule is C=CCNc1cc(C(=O)N2CCN(C(=O)c3ccco3)CC2)nc(C)n1. The third-order valence-electron chi connectivity index (χ3n) is 4.07. The topological polar surface area (TPSA) is 91.6 Å². The first kappa shape index (κ1) is 17.7. The standard InChI is InChI=1S/C18H21N5O3/c1-3-6-19-16-12-14(20-13(2)21-16)17(24)22-7-9-23(10-8-22)18(25)15-5-4-11-26-15/h3-5,11-12H,1,6-10H2,2H3,(H,19,20,21). The van der Waals surface area contributed by atoms with E-state index in [1.807, 2.05) is 0 Å². The highest BCUT2D eigenvalue weighted by Crippen LogP contribution is 2.13. The molecule has 1 aliphatic rings. The molecule has 1 aliphatic heterocycles. The molecule has 136 valence electrons. The maximum atomic E-state index is 12.7. The predicted molar refractivity (Wildman–Crippen MR) is 96.0 cm³/mol. The summed E-state index contributed by atoms with van der Waals surface area (Å²) in [6.45, 7) is 7.75. The van der Waals surface area contributed by atoms with Crippen LogP contribution in [-0.2, 0) is 0 Å². The second-order valence-corrected chi connectivity index (χ2v) is 5.92. The number of piperazine rings is 1. The van der Waals surface area contributed by atoms with Gasteiger partial charge in [0.05, 0.1) is 6.26 Å². The molecule has 3 rings (SSSR count). The van der Waals surface area contributed by atoms with E-state index in [0.29, 0.717) is 55.8 Å². The van der Waals surface area contributed by atoms with Gasteiger partial charge in [-0.3, -0.25) is 9.59 Å². The average molecular weight is 355 g/mol. The third kappa shape index (κ3) is 3.90. The van der Waals surface area contributed by atoms with Crippen molar-refractivity contribution >= 4 is 17.6 Å². The van der Waals surface area contributed by atoms with Crippen LogP contribution in [0.25, 0.3) is 0 Å². The van der Waals surface area contributed by atoms with Gasteiger partial charge < -0.3 is 19.5 Å². The first-order chi connectivity index (χ1) is 12.6. The number of nitrogens with zero attached hydrogens (tertiary/aromatic N) is 4. The fourth-order valence-corrected chi connectivity index (χ4v) is 2.78. The van der Waals surface area contributed by atoms with E-state index in [1.165, 1.54) is 6.26 Å². The van der Waals surface area contributed by atoms with Gasteiger partial charge in [0.25, 0.3) is 11.8 Å². The number of carbonyl (C=O) groups excluding carboxylic acids is 2. The number of anilines is 1. The summed E-state index contributed by atoms with van der Waals surface area (Å²) >= 11 is 0. The van der Waals surface area contributed by atoms with E-state index in [2.05, 4.69) is 21.9 Å². The molecule has 2 amide bonds. The zero-order valence-corrected chi connectivity index (χ0v) is 14.6.